The summed E-state index contributed by atoms with van der Waals surface area (Å²) in [6.07, 6.45) is 0.337. The minimum atomic E-state index is -2.12. The lowest BCUT2D eigenvalue weighted by molar-refractivity contribution is -0.272. The molecule has 194 valence electrons. The molecule has 8 heteroatoms. The van der Waals surface area contributed by atoms with Gasteiger partial charge in [-0.1, -0.05) is 61.1 Å². The molecule has 1 saturated heterocycles. The van der Waals surface area contributed by atoms with E-state index in [1.165, 1.54) is 6.92 Å². The normalized spacial score (nSPS) is 28.3. The Morgan fingerprint density at radius 1 is 1.00 bits per heavy atom. The third kappa shape index (κ3) is 7.73. The summed E-state index contributed by atoms with van der Waals surface area (Å²) in [7, 11) is -2.56. The van der Waals surface area contributed by atoms with Crippen LogP contribution in [0.1, 0.15) is 61.8 Å². The van der Waals surface area contributed by atoms with E-state index >= 15 is 0 Å². The Hall–Kier alpha value is -0.516. The molecule has 0 aliphatic carbocycles. The van der Waals surface area contributed by atoms with Crippen molar-refractivity contribution in [3.8, 4) is 0 Å². The number of esters is 1. The highest BCUT2D eigenvalue weighted by Gasteiger charge is 2.52. The van der Waals surface area contributed by atoms with Gasteiger partial charge in [-0.25, -0.2) is 0 Å². The topological polar surface area (TPSA) is 63.2 Å². The molecule has 0 radical (unpaired) electrons. The first kappa shape index (κ1) is 30.5. The van der Waals surface area contributed by atoms with Gasteiger partial charge in [0.05, 0.1) is 12.2 Å². The van der Waals surface area contributed by atoms with E-state index in [-0.39, 0.29) is 40.3 Å². The summed E-state index contributed by atoms with van der Waals surface area (Å²) in [6, 6.07) is 0. The lowest BCUT2D eigenvalue weighted by atomic mass is 9.88. The highest BCUT2D eigenvalue weighted by molar-refractivity contribution is 6.74. The first-order valence-corrected chi connectivity index (χ1v) is 17.9. The average molecular weight is 503 g/mol. The standard InChI is InChI=1S/C25H50O6Si2/c1-15-19(28-18(3)26)16-20-21(30-32(11,12)24(4,5)6)17(2)22(23(27-10)29-20)31-33(13,14)25(7,8)9/h15,17,19-23H,1,16H2,2-14H3/t17-,19-,20-,21-,22+,23+/m0/s1. The Labute approximate surface area is 205 Å². The molecule has 0 aromatic carbocycles. The molecule has 0 aromatic heterocycles. The molecule has 1 rings (SSSR count). The van der Waals surface area contributed by atoms with E-state index < -0.39 is 29.0 Å². The van der Waals surface area contributed by atoms with Crippen LogP contribution in [-0.4, -0.2) is 60.4 Å². The van der Waals surface area contributed by atoms with Crippen molar-refractivity contribution >= 4 is 22.6 Å². The van der Waals surface area contributed by atoms with Gasteiger partial charge in [-0.2, -0.15) is 0 Å². The van der Waals surface area contributed by atoms with Gasteiger partial charge in [-0.3, -0.25) is 4.79 Å². The Bertz CT molecular complexity index is 665. The van der Waals surface area contributed by atoms with Crippen LogP contribution in [0, 0.1) is 5.92 Å². The second-order valence-electron chi connectivity index (χ2n) is 12.4. The average Bonchev–Trinajstić information content (AvgIpc) is 2.63. The molecule has 0 unspecified atom stereocenters. The largest absolute Gasteiger partial charge is 0.458 e. The predicted octanol–water partition coefficient (Wildman–Crippen LogP) is 6.28. The molecule has 0 N–H and O–H groups in total. The van der Waals surface area contributed by atoms with Gasteiger partial charge in [0.1, 0.15) is 12.2 Å². The van der Waals surface area contributed by atoms with Gasteiger partial charge in [0.25, 0.3) is 0 Å². The summed E-state index contributed by atoms with van der Waals surface area (Å²) >= 11 is 0. The molecule has 6 nitrogen and oxygen atoms in total. The van der Waals surface area contributed by atoms with Crippen molar-refractivity contribution in [3.05, 3.63) is 12.7 Å². The molecule has 0 saturated carbocycles. The first-order chi connectivity index (χ1) is 14.8. The molecule has 0 aromatic rings. The highest BCUT2D eigenvalue weighted by Crippen LogP contribution is 2.44. The highest BCUT2D eigenvalue weighted by atomic mass is 28.4. The Morgan fingerprint density at radius 2 is 1.45 bits per heavy atom. The van der Waals surface area contributed by atoms with Gasteiger partial charge in [0.15, 0.2) is 22.9 Å². The van der Waals surface area contributed by atoms with Crippen molar-refractivity contribution < 1.29 is 27.9 Å². The minimum Gasteiger partial charge on any atom is -0.458 e. The Morgan fingerprint density at radius 3 is 1.82 bits per heavy atom. The van der Waals surface area contributed by atoms with Crippen LogP contribution in [0.2, 0.25) is 36.3 Å². The third-order valence-electron chi connectivity index (χ3n) is 7.73. The first-order valence-electron chi connectivity index (χ1n) is 12.1. The summed E-state index contributed by atoms with van der Waals surface area (Å²) in [5.41, 5.74) is 0. The van der Waals surface area contributed by atoms with E-state index in [4.69, 9.17) is 23.1 Å². The molecule has 33 heavy (non-hydrogen) atoms. The zero-order valence-corrected chi connectivity index (χ0v) is 25.4. The molecule has 1 heterocycles. The molecule has 0 bridgehead atoms. The van der Waals surface area contributed by atoms with Gasteiger partial charge in [0.2, 0.25) is 0 Å². The van der Waals surface area contributed by atoms with Crippen LogP contribution in [0.3, 0.4) is 0 Å². The van der Waals surface area contributed by atoms with Crippen LogP contribution in [-0.2, 0) is 27.9 Å². The number of carbonyl (C=O) groups is 1. The zero-order chi connectivity index (χ0) is 26.0. The van der Waals surface area contributed by atoms with Crippen molar-refractivity contribution in [2.24, 2.45) is 5.92 Å². The maximum absolute atomic E-state index is 11.6. The predicted molar refractivity (Wildman–Crippen MR) is 139 cm³/mol. The van der Waals surface area contributed by atoms with E-state index in [1.54, 1.807) is 13.2 Å². The van der Waals surface area contributed by atoms with Crippen molar-refractivity contribution in [2.75, 3.05) is 7.11 Å². The number of rotatable bonds is 9. The van der Waals surface area contributed by atoms with Crippen LogP contribution >= 0.6 is 0 Å². The van der Waals surface area contributed by atoms with E-state index in [1.807, 2.05) is 0 Å². The molecular formula is C25H50O6Si2. The molecule has 0 amide bonds. The molecule has 1 aliphatic heterocycles. The van der Waals surface area contributed by atoms with Crippen LogP contribution in [0.5, 0.6) is 0 Å². The Kier molecular flexibility index (Phi) is 10.2. The molecule has 1 fully saturated rings. The van der Waals surface area contributed by atoms with Crippen molar-refractivity contribution in [1.82, 2.24) is 0 Å². The number of hydrogen-bond donors (Lipinski definition) is 0. The summed E-state index contributed by atoms with van der Waals surface area (Å²) in [4.78, 5) is 11.6. The lowest BCUT2D eigenvalue weighted by Gasteiger charge is -2.52. The summed E-state index contributed by atoms with van der Waals surface area (Å²) in [5.74, 6) is -0.312. The maximum Gasteiger partial charge on any atom is 0.303 e. The van der Waals surface area contributed by atoms with Crippen molar-refractivity contribution in [2.45, 2.75) is 129 Å². The fraction of sp³-hybridized carbons (Fsp3) is 0.880. The van der Waals surface area contributed by atoms with Crippen LogP contribution in [0.15, 0.2) is 12.7 Å². The van der Waals surface area contributed by atoms with E-state index in [2.05, 4.69) is 81.2 Å². The number of carbonyl (C=O) groups excluding carboxylic acids is 1. The molecule has 1 aliphatic rings. The van der Waals surface area contributed by atoms with E-state index in [0.717, 1.165) is 0 Å². The third-order valence-corrected chi connectivity index (χ3v) is 16.7. The smallest absolute Gasteiger partial charge is 0.303 e. The number of hydrogen-bond acceptors (Lipinski definition) is 6. The fourth-order valence-corrected chi connectivity index (χ4v) is 6.25. The molecule has 6 atom stereocenters. The SMILES string of the molecule is C=C[C@@H](C[C@@H]1O[C@@H](OC)[C@H](O[Si](C)(C)C(C)(C)C)[C@@H](C)[C@@H]1O[Si](C)(C)C(C)(C)C)OC(C)=O. The van der Waals surface area contributed by atoms with Crippen LogP contribution in [0.25, 0.3) is 0 Å². The summed E-state index contributed by atoms with van der Waals surface area (Å²) < 4.78 is 31.6. The monoisotopic (exact) mass is 502 g/mol. The van der Waals surface area contributed by atoms with Gasteiger partial charge >= 0.3 is 5.97 Å². The number of methoxy groups -OCH3 is 1. The molecule has 0 spiro atoms. The Balaban J connectivity index is 3.37. The quantitative estimate of drug-likeness (QED) is 0.210. The summed E-state index contributed by atoms with van der Waals surface area (Å²) in [6.45, 7) is 29.8. The van der Waals surface area contributed by atoms with Gasteiger partial charge in [-0.05, 0) is 36.3 Å². The van der Waals surface area contributed by atoms with Gasteiger partial charge < -0.3 is 23.1 Å². The minimum absolute atomic E-state index is 0.0275. The van der Waals surface area contributed by atoms with Crippen molar-refractivity contribution in [3.63, 3.8) is 0 Å². The number of ether oxygens (including phenoxy) is 3. The van der Waals surface area contributed by atoms with Crippen molar-refractivity contribution in [1.29, 1.82) is 0 Å². The van der Waals surface area contributed by atoms with Crippen LogP contribution in [0.4, 0.5) is 0 Å². The second kappa shape index (κ2) is 11.0. The zero-order valence-electron chi connectivity index (χ0n) is 23.4. The summed E-state index contributed by atoms with van der Waals surface area (Å²) in [5, 5.41) is 0.0970. The van der Waals surface area contributed by atoms with E-state index in [0.29, 0.717) is 6.42 Å². The van der Waals surface area contributed by atoms with E-state index in [9.17, 15) is 4.79 Å². The van der Waals surface area contributed by atoms with Crippen LogP contribution < -0.4 is 0 Å². The van der Waals surface area contributed by atoms with Gasteiger partial charge in [-0.15, -0.1) is 0 Å². The molecular weight excluding hydrogens is 452 g/mol. The van der Waals surface area contributed by atoms with Gasteiger partial charge in [0, 0.05) is 26.4 Å². The lowest BCUT2D eigenvalue weighted by Crippen LogP contribution is -2.62. The fourth-order valence-electron chi connectivity index (χ4n) is 3.49. The maximum atomic E-state index is 11.6. The second-order valence-corrected chi connectivity index (χ2v) is 22.0.